The smallest absolute Gasteiger partial charge is 0.206 e. The third-order valence-corrected chi connectivity index (χ3v) is 5.46. The van der Waals surface area contributed by atoms with E-state index in [1.165, 1.54) is 28.7 Å². The molecule has 0 aliphatic rings. The molecule has 24 heavy (non-hydrogen) atoms. The number of rotatable bonds is 8. The standard InChI is InChI=1S/C17H25N3O2S2/c1-5-18-15-19-20-16(24-15)23-11-13(21)10-22-14-8-6-12(7-9-14)17(2,3)4/h6-9,13,21H,5,10-11H2,1-4H3,(H,18,19). The summed E-state index contributed by atoms with van der Waals surface area (Å²) in [5, 5.41) is 22.1. The Kier molecular flexibility index (Phi) is 6.89. The van der Waals surface area contributed by atoms with Gasteiger partial charge in [0.25, 0.3) is 0 Å². The number of benzene rings is 1. The first-order valence-corrected chi connectivity index (χ1v) is 9.80. The lowest BCUT2D eigenvalue weighted by Gasteiger charge is -2.19. The molecular formula is C17H25N3O2S2. The molecule has 1 atom stereocenters. The number of nitrogens with zero attached hydrogens (tertiary/aromatic N) is 2. The zero-order valence-electron chi connectivity index (χ0n) is 14.6. The molecular weight excluding hydrogens is 342 g/mol. The molecule has 1 aromatic heterocycles. The third-order valence-electron chi connectivity index (χ3n) is 3.30. The van der Waals surface area contributed by atoms with Crippen molar-refractivity contribution >= 4 is 28.2 Å². The average molecular weight is 368 g/mol. The summed E-state index contributed by atoms with van der Waals surface area (Å²) in [6.45, 7) is 9.64. The third kappa shape index (κ3) is 5.96. The van der Waals surface area contributed by atoms with Crippen LogP contribution in [0.1, 0.15) is 33.3 Å². The van der Waals surface area contributed by atoms with E-state index in [4.69, 9.17) is 4.74 Å². The highest BCUT2D eigenvalue weighted by atomic mass is 32.2. The van der Waals surface area contributed by atoms with Crippen molar-refractivity contribution in [3.05, 3.63) is 29.8 Å². The largest absolute Gasteiger partial charge is 0.491 e. The van der Waals surface area contributed by atoms with Gasteiger partial charge in [0.05, 0.1) is 6.10 Å². The topological polar surface area (TPSA) is 67.3 Å². The fourth-order valence-corrected chi connectivity index (χ4v) is 3.70. The van der Waals surface area contributed by atoms with Crippen LogP contribution in [0.3, 0.4) is 0 Å². The van der Waals surface area contributed by atoms with Crippen LogP contribution in [0.25, 0.3) is 0 Å². The highest BCUT2D eigenvalue weighted by Gasteiger charge is 2.14. The molecule has 2 aromatic rings. The zero-order valence-corrected chi connectivity index (χ0v) is 16.2. The van der Waals surface area contributed by atoms with Crippen molar-refractivity contribution < 1.29 is 9.84 Å². The number of nitrogens with one attached hydrogen (secondary N) is 1. The maximum atomic E-state index is 10.1. The zero-order chi connectivity index (χ0) is 17.6. The van der Waals surface area contributed by atoms with Crippen molar-refractivity contribution in [2.24, 2.45) is 0 Å². The molecule has 2 rings (SSSR count). The van der Waals surface area contributed by atoms with Gasteiger partial charge in [0.2, 0.25) is 5.13 Å². The second-order valence-corrected chi connectivity index (χ2v) is 8.70. The van der Waals surface area contributed by atoms with E-state index in [1.54, 1.807) is 0 Å². The molecule has 132 valence electrons. The van der Waals surface area contributed by atoms with Gasteiger partial charge in [0.1, 0.15) is 12.4 Å². The van der Waals surface area contributed by atoms with Crippen molar-refractivity contribution in [2.75, 3.05) is 24.2 Å². The molecule has 0 bridgehead atoms. The molecule has 0 aliphatic heterocycles. The predicted molar refractivity (Wildman–Crippen MR) is 101 cm³/mol. The van der Waals surface area contributed by atoms with E-state index in [2.05, 4.69) is 48.4 Å². The van der Waals surface area contributed by atoms with Gasteiger partial charge in [0, 0.05) is 12.3 Å². The van der Waals surface area contributed by atoms with Crippen LogP contribution in [0.5, 0.6) is 5.75 Å². The van der Waals surface area contributed by atoms with Crippen molar-refractivity contribution in [1.82, 2.24) is 10.2 Å². The number of thioether (sulfide) groups is 1. The quantitative estimate of drug-likeness (QED) is 0.692. The van der Waals surface area contributed by atoms with Crippen LogP contribution >= 0.6 is 23.1 Å². The molecule has 1 unspecified atom stereocenters. The molecule has 7 heteroatoms. The molecule has 5 nitrogen and oxygen atoms in total. The van der Waals surface area contributed by atoms with Crippen LogP contribution in [-0.2, 0) is 5.41 Å². The van der Waals surface area contributed by atoms with E-state index in [0.717, 1.165) is 21.8 Å². The highest BCUT2D eigenvalue weighted by Crippen LogP contribution is 2.26. The Labute approximate surface area is 151 Å². The second-order valence-electron chi connectivity index (χ2n) is 6.45. The minimum absolute atomic E-state index is 0.127. The Morgan fingerprint density at radius 3 is 2.58 bits per heavy atom. The second kappa shape index (κ2) is 8.69. The van der Waals surface area contributed by atoms with Gasteiger partial charge in [-0.1, -0.05) is 56.0 Å². The predicted octanol–water partition coefficient (Wildman–Crippen LogP) is 3.80. The molecule has 2 N–H and O–H groups in total. The Morgan fingerprint density at radius 1 is 1.25 bits per heavy atom. The van der Waals surface area contributed by atoms with E-state index >= 15 is 0 Å². The number of ether oxygens (including phenoxy) is 1. The van der Waals surface area contributed by atoms with Crippen LogP contribution in [-0.4, -0.2) is 40.3 Å². The molecule has 0 saturated carbocycles. The summed E-state index contributed by atoms with van der Waals surface area (Å²) in [6.07, 6.45) is -0.552. The monoisotopic (exact) mass is 367 g/mol. The maximum Gasteiger partial charge on any atom is 0.206 e. The van der Waals surface area contributed by atoms with Gasteiger partial charge in [-0.05, 0) is 30.0 Å². The fraction of sp³-hybridized carbons (Fsp3) is 0.529. The Hall–Kier alpha value is -1.31. The first-order chi connectivity index (χ1) is 11.4. The van der Waals surface area contributed by atoms with Crippen LogP contribution in [0, 0.1) is 0 Å². The van der Waals surface area contributed by atoms with Crippen molar-refractivity contribution in [3.63, 3.8) is 0 Å². The fourth-order valence-electron chi connectivity index (χ4n) is 1.95. The minimum atomic E-state index is -0.552. The number of aliphatic hydroxyl groups is 1. The average Bonchev–Trinajstić information content (AvgIpc) is 2.98. The molecule has 0 fully saturated rings. The molecule has 1 heterocycles. The summed E-state index contributed by atoms with van der Waals surface area (Å²) >= 11 is 2.99. The molecule has 0 spiro atoms. The van der Waals surface area contributed by atoms with Crippen LogP contribution < -0.4 is 10.1 Å². The van der Waals surface area contributed by atoms with Gasteiger partial charge in [-0.25, -0.2) is 0 Å². The number of aliphatic hydroxyl groups excluding tert-OH is 1. The summed E-state index contributed by atoms with van der Waals surface area (Å²) in [7, 11) is 0. The van der Waals surface area contributed by atoms with Gasteiger partial charge in [-0.2, -0.15) is 0 Å². The van der Waals surface area contributed by atoms with Gasteiger partial charge in [-0.15, -0.1) is 10.2 Å². The minimum Gasteiger partial charge on any atom is -0.491 e. The van der Waals surface area contributed by atoms with E-state index in [-0.39, 0.29) is 12.0 Å². The van der Waals surface area contributed by atoms with Crippen LogP contribution in [0.15, 0.2) is 28.6 Å². The molecule has 1 aromatic carbocycles. The first kappa shape index (κ1) is 19.0. The summed E-state index contributed by atoms with van der Waals surface area (Å²) < 4.78 is 6.51. The van der Waals surface area contributed by atoms with Gasteiger partial charge >= 0.3 is 0 Å². The number of aromatic nitrogens is 2. The van der Waals surface area contributed by atoms with E-state index < -0.39 is 6.10 Å². The molecule has 0 aliphatic carbocycles. The Bertz CT molecular complexity index is 624. The lowest BCUT2D eigenvalue weighted by Crippen LogP contribution is -2.20. The summed E-state index contributed by atoms with van der Waals surface area (Å²) in [4.78, 5) is 0. The van der Waals surface area contributed by atoms with E-state index in [1.807, 2.05) is 19.1 Å². The molecule has 0 radical (unpaired) electrons. The number of hydrogen-bond acceptors (Lipinski definition) is 7. The van der Waals surface area contributed by atoms with E-state index in [0.29, 0.717) is 5.75 Å². The Balaban J connectivity index is 1.75. The van der Waals surface area contributed by atoms with Crippen molar-refractivity contribution in [1.29, 1.82) is 0 Å². The molecule has 0 saturated heterocycles. The Morgan fingerprint density at radius 2 is 1.96 bits per heavy atom. The summed E-state index contributed by atoms with van der Waals surface area (Å²) in [5.74, 6) is 1.30. The first-order valence-electron chi connectivity index (χ1n) is 8.00. The number of anilines is 1. The SMILES string of the molecule is CCNc1nnc(SCC(O)COc2ccc(C(C)(C)C)cc2)s1. The summed E-state index contributed by atoms with van der Waals surface area (Å²) in [5.41, 5.74) is 1.39. The van der Waals surface area contributed by atoms with Crippen LogP contribution in [0.4, 0.5) is 5.13 Å². The highest BCUT2D eigenvalue weighted by molar-refractivity contribution is 8.01. The van der Waals surface area contributed by atoms with Crippen LogP contribution in [0.2, 0.25) is 0 Å². The van der Waals surface area contributed by atoms with E-state index in [9.17, 15) is 5.11 Å². The van der Waals surface area contributed by atoms with Gasteiger partial charge < -0.3 is 15.2 Å². The number of hydrogen-bond donors (Lipinski definition) is 2. The summed E-state index contributed by atoms with van der Waals surface area (Å²) in [6, 6.07) is 8.04. The van der Waals surface area contributed by atoms with Crippen molar-refractivity contribution in [3.8, 4) is 5.75 Å². The normalized spacial score (nSPS) is 12.9. The maximum absolute atomic E-state index is 10.1. The van der Waals surface area contributed by atoms with Crippen molar-refractivity contribution in [2.45, 2.75) is 43.6 Å². The molecule has 0 amide bonds. The van der Waals surface area contributed by atoms with Gasteiger partial charge in [-0.3, -0.25) is 0 Å². The lowest BCUT2D eigenvalue weighted by atomic mass is 9.87. The van der Waals surface area contributed by atoms with Gasteiger partial charge in [0.15, 0.2) is 4.34 Å². The lowest BCUT2D eigenvalue weighted by molar-refractivity contribution is 0.126.